The van der Waals surface area contributed by atoms with Crippen LogP contribution in [-0.2, 0) is 10.2 Å². The van der Waals surface area contributed by atoms with Crippen LogP contribution in [0, 0.1) is 11.7 Å². The van der Waals surface area contributed by atoms with E-state index in [1.54, 1.807) is 0 Å². The fourth-order valence-electron chi connectivity index (χ4n) is 3.06. The SMILES string of the molecule is CNC(C1CCOC1)C(C)(C)c1ccc(F)cc1. The topological polar surface area (TPSA) is 21.3 Å². The van der Waals surface area contributed by atoms with Crippen LogP contribution in [0.15, 0.2) is 24.3 Å². The van der Waals surface area contributed by atoms with Gasteiger partial charge in [0.1, 0.15) is 5.82 Å². The van der Waals surface area contributed by atoms with Gasteiger partial charge in [-0.15, -0.1) is 0 Å². The third kappa shape index (κ3) is 2.57. The lowest BCUT2D eigenvalue weighted by Crippen LogP contribution is -2.48. The number of rotatable bonds is 4. The van der Waals surface area contributed by atoms with Crippen molar-refractivity contribution < 1.29 is 9.13 Å². The Balaban J connectivity index is 2.23. The highest BCUT2D eigenvalue weighted by molar-refractivity contribution is 5.27. The number of hydrogen-bond donors (Lipinski definition) is 1. The first-order valence-electron chi connectivity index (χ1n) is 6.56. The first kappa shape index (κ1) is 13.5. The van der Waals surface area contributed by atoms with E-state index in [9.17, 15) is 4.39 Å². The molecule has 3 heteroatoms. The zero-order valence-corrected chi connectivity index (χ0v) is 11.4. The van der Waals surface area contributed by atoms with Crippen molar-refractivity contribution in [2.24, 2.45) is 5.92 Å². The molecule has 1 heterocycles. The summed E-state index contributed by atoms with van der Waals surface area (Å²) in [7, 11) is 1.99. The van der Waals surface area contributed by atoms with Crippen molar-refractivity contribution in [2.75, 3.05) is 20.3 Å². The number of ether oxygens (including phenoxy) is 1. The van der Waals surface area contributed by atoms with Crippen molar-refractivity contribution in [1.82, 2.24) is 5.32 Å². The maximum Gasteiger partial charge on any atom is 0.123 e. The van der Waals surface area contributed by atoms with E-state index in [0.29, 0.717) is 12.0 Å². The molecule has 1 aromatic rings. The maximum absolute atomic E-state index is 13.0. The first-order chi connectivity index (χ1) is 8.55. The van der Waals surface area contributed by atoms with Crippen LogP contribution in [0.25, 0.3) is 0 Å². The normalized spacial score (nSPS) is 22.1. The van der Waals surface area contributed by atoms with Gasteiger partial charge in [-0.2, -0.15) is 0 Å². The summed E-state index contributed by atoms with van der Waals surface area (Å²) in [6.07, 6.45) is 1.09. The number of nitrogens with one attached hydrogen (secondary N) is 1. The average Bonchev–Trinajstić information content (AvgIpc) is 2.84. The molecule has 1 N–H and O–H groups in total. The van der Waals surface area contributed by atoms with Crippen LogP contribution >= 0.6 is 0 Å². The Morgan fingerprint density at radius 2 is 2.00 bits per heavy atom. The number of benzene rings is 1. The zero-order chi connectivity index (χ0) is 13.2. The standard InChI is InChI=1S/C15H22FNO/c1-15(2,12-4-6-13(16)7-5-12)14(17-3)11-8-9-18-10-11/h4-7,11,14,17H,8-10H2,1-3H3. The molecule has 18 heavy (non-hydrogen) atoms. The van der Waals surface area contributed by atoms with E-state index in [1.807, 2.05) is 19.2 Å². The number of likely N-dealkylation sites (N-methyl/N-ethyl adjacent to an activating group) is 1. The van der Waals surface area contributed by atoms with Crippen LogP contribution in [0.2, 0.25) is 0 Å². The predicted octanol–water partition coefficient (Wildman–Crippen LogP) is 2.73. The molecule has 0 bridgehead atoms. The summed E-state index contributed by atoms with van der Waals surface area (Å²) in [6, 6.07) is 7.18. The Morgan fingerprint density at radius 3 is 2.50 bits per heavy atom. The summed E-state index contributed by atoms with van der Waals surface area (Å²) >= 11 is 0. The van der Waals surface area contributed by atoms with Crippen molar-refractivity contribution in [3.8, 4) is 0 Å². The van der Waals surface area contributed by atoms with Crippen molar-refractivity contribution in [3.63, 3.8) is 0 Å². The molecule has 2 atom stereocenters. The van der Waals surface area contributed by atoms with Crippen molar-refractivity contribution in [1.29, 1.82) is 0 Å². The van der Waals surface area contributed by atoms with Gasteiger partial charge in [-0.3, -0.25) is 0 Å². The molecule has 1 aromatic carbocycles. The second kappa shape index (κ2) is 5.37. The Kier molecular flexibility index (Phi) is 4.03. The first-order valence-corrected chi connectivity index (χ1v) is 6.56. The lowest BCUT2D eigenvalue weighted by Gasteiger charge is -2.38. The van der Waals surface area contributed by atoms with E-state index >= 15 is 0 Å². The van der Waals surface area contributed by atoms with Gasteiger partial charge in [-0.05, 0) is 31.2 Å². The van der Waals surface area contributed by atoms with E-state index in [0.717, 1.165) is 25.2 Å². The lowest BCUT2D eigenvalue weighted by atomic mass is 9.72. The molecule has 0 amide bonds. The molecule has 0 aromatic heterocycles. The molecule has 1 aliphatic rings. The van der Waals surface area contributed by atoms with E-state index in [1.165, 1.54) is 12.1 Å². The highest BCUT2D eigenvalue weighted by atomic mass is 19.1. The Hall–Kier alpha value is -0.930. The molecular weight excluding hydrogens is 229 g/mol. The molecule has 2 unspecified atom stereocenters. The quantitative estimate of drug-likeness (QED) is 0.888. The fraction of sp³-hybridized carbons (Fsp3) is 0.600. The minimum atomic E-state index is -0.181. The van der Waals surface area contributed by atoms with Gasteiger partial charge in [-0.1, -0.05) is 26.0 Å². The fourth-order valence-corrected chi connectivity index (χ4v) is 3.06. The molecule has 0 aliphatic carbocycles. The van der Waals surface area contributed by atoms with Gasteiger partial charge in [0.05, 0.1) is 6.61 Å². The second-order valence-corrected chi connectivity index (χ2v) is 5.62. The summed E-state index contributed by atoms with van der Waals surface area (Å²) in [5.41, 5.74) is 1.12. The van der Waals surface area contributed by atoms with Crippen molar-refractivity contribution in [3.05, 3.63) is 35.6 Å². The van der Waals surface area contributed by atoms with Crippen LogP contribution in [0.4, 0.5) is 4.39 Å². The highest BCUT2D eigenvalue weighted by Gasteiger charge is 2.37. The summed E-state index contributed by atoms with van der Waals surface area (Å²) < 4.78 is 18.5. The summed E-state index contributed by atoms with van der Waals surface area (Å²) in [6.45, 7) is 6.08. The Morgan fingerprint density at radius 1 is 1.33 bits per heavy atom. The van der Waals surface area contributed by atoms with Crippen LogP contribution in [0.1, 0.15) is 25.8 Å². The van der Waals surface area contributed by atoms with Crippen LogP contribution in [0.5, 0.6) is 0 Å². The molecule has 1 aliphatic heterocycles. The minimum Gasteiger partial charge on any atom is -0.381 e. The molecule has 1 saturated heterocycles. The van der Waals surface area contributed by atoms with E-state index in [-0.39, 0.29) is 11.2 Å². The largest absolute Gasteiger partial charge is 0.381 e. The molecule has 2 rings (SSSR count). The zero-order valence-electron chi connectivity index (χ0n) is 11.4. The van der Waals surface area contributed by atoms with E-state index in [2.05, 4.69) is 19.2 Å². The van der Waals surface area contributed by atoms with Gasteiger partial charge < -0.3 is 10.1 Å². The van der Waals surface area contributed by atoms with E-state index in [4.69, 9.17) is 4.74 Å². The summed E-state index contributed by atoms with van der Waals surface area (Å²) in [5, 5.41) is 3.42. The number of halogens is 1. The molecule has 1 fully saturated rings. The van der Waals surface area contributed by atoms with Gasteiger partial charge in [-0.25, -0.2) is 4.39 Å². The van der Waals surface area contributed by atoms with E-state index < -0.39 is 0 Å². The molecular formula is C15H22FNO. The highest BCUT2D eigenvalue weighted by Crippen LogP contribution is 2.34. The Labute approximate surface area is 109 Å². The second-order valence-electron chi connectivity index (χ2n) is 5.62. The molecule has 0 spiro atoms. The van der Waals surface area contributed by atoms with Gasteiger partial charge in [0.2, 0.25) is 0 Å². The maximum atomic E-state index is 13.0. The third-order valence-corrected chi connectivity index (χ3v) is 4.11. The number of hydrogen-bond acceptors (Lipinski definition) is 2. The van der Waals surface area contributed by atoms with Gasteiger partial charge in [0.25, 0.3) is 0 Å². The third-order valence-electron chi connectivity index (χ3n) is 4.11. The summed E-state index contributed by atoms with van der Waals surface area (Å²) in [5.74, 6) is 0.342. The van der Waals surface area contributed by atoms with Crippen LogP contribution in [-0.4, -0.2) is 26.3 Å². The molecule has 0 radical (unpaired) electrons. The van der Waals surface area contributed by atoms with Gasteiger partial charge >= 0.3 is 0 Å². The monoisotopic (exact) mass is 251 g/mol. The molecule has 0 saturated carbocycles. The predicted molar refractivity (Wildman–Crippen MR) is 71.2 cm³/mol. The van der Waals surface area contributed by atoms with Crippen molar-refractivity contribution in [2.45, 2.75) is 31.7 Å². The van der Waals surface area contributed by atoms with Crippen LogP contribution < -0.4 is 5.32 Å². The molecule has 2 nitrogen and oxygen atoms in total. The van der Waals surface area contributed by atoms with Gasteiger partial charge in [0.15, 0.2) is 0 Å². The summed E-state index contributed by atoms with van der Waals surface area (Å²) in [4.78, 5) is 0. The molecule has 100 valence electrons. The van der Waals surface area contributed by atoms with Gasteiger partial charge in [0, 0.05) is 24.0 Å². The van der Waals surface area contributed by atoms with Crippen LogP contribution in [0.3, 0.4) is 0 Å². The smallest absolute Gasteiger partial charge is 0.123 e. The van der Waals surface area contributed by atoms with Crippen molar-refractivity contribution >= 4 is 0 Å². The lowest BCUT2D eigenvalue weighted by molar-refractivity contribution is 0.164. The average molecular weight is 251 g/mol. The minimum absolute atomic E-state index is 0.0409. The Bertz CT molecular complexity index is 382.